The third-order valence-corrected chi connectivity index (χ3v) is 3.93. The van der Waals surface area contributed by atoms with Gasteiger partial charge in [0.25, 0.3) is 0 Å². The number of hydrogen-bond acceptors (Lipinski definition) is 4. The zero-order chi connectivity index (χ0) is 15.5. The monoisotopic (exact) mass is 308 g/mol. The van der Waals surface area contributed by atoms with Gasteiger partial charge in [-0.2, -0.15) is 0 Å². The number of nitrogens with zero attached hydrogens (tertiary/aromatic N) is 4. The summed E-state index contributed by atoms with van der Waals surface area (Å²) < 4.78 is 1.56. The molecule has 0 radical (unpaired) electrons. The number of aromatic nitrogens is 4. The van der Waals surface area contributed by atoms with Crippen LogP contribution in [0.2, 0.25) is 5.02 Å². The molecule has 0 amide bonds. The fourth-order valence-corrected chi connectivity index (χ4v) is 2.04. The van der Waals surface area contributed by atoms with Crippen molar-refractivity contribution in [3.05, 3.63) is 40.7 Å². The van der Waals surface area contributed by atoms with E-state index in [9.17, 15) is 9.90 Å². The van der Waals surface area contributed by atoms with Crippen molar-refractivity contribution in [2.24, 2.45) is 5.41 Å². The van der Waals surface area contributed by atoms with Crippen LogP contribution in [0, 0.1) is 5.41 Å². The number of carboxylic acids is 1. The summed E-state index contributed by atoms with van der Waals surface area (Å²) in [7, 11) is 0. The van der Waals surface area contributed by atoms with Gasteiger partial charge < -0.3 is 5.11 Å². The van der Waals surface area contributed by atoms with Crippen molar-refractivity contribution in [2.75, 3.05) is 0 Å². The molecule has 21 heavy (non-hydrogen) atoms. The molecule has 1 aromatic heterocycles. The number of carbonyl (C=O) groups is 1. The molecule has 0 aliphatic carbocycles. The van der Waals surface area contributed by atoms with Crippen LogP contribution in [0.15, 0.2) is 24.3 Å². The van der Waals surface area contributed by atoms with Gasteiger partial charge in [-0.1, -0.05) is 30.7 Å². The topological polar surface area (TPSA) is 80.9 Å². The molecule has 1 aromatic carbocycles. The van der Waals surface area contributed by atoms with Crippen molar-refractivity contribution in [1.82, 2.24) is 20.2 Å². The molecule has 0 saturated carbocycles. The van der Waals surface area contributed by atoms with Gasteiger partial charge in [-0.3, -0.25) is 4.79 Å². The second kappa shape index (κ2) is 6.22. The number of hydrogen-bond donors (Lipinski definition) is 1. The third kappa shape index (κ3) is 3.58. The first-order chi connectivity index (χ1) is 9.94. The molecule has 2 rings (SSSR count). The first-order valence-corrected chi connectivity index (χ1v) is 7.05. The molecule has 0 aliphatic rings. The third-order valence-electron chi connectivity index (χ3n) is 3.68. The van der Waals surface area contributed by atoms with Gasteiger partial charge in [0.1, 0.15) is 0 Å². The van der Waals surface area contributed by atoms with Crippen LogP contribution in [0.4, 0.5) is 0 Å². The molecular weight excluding hydrogens is 292 g/mol. The largest absolute Gasteiger partial charge is 0.481 e. The number of halogens is 1. The van der Waals surface area contributed by atoms with E-state index in [0.717, 1.165) is 5.56 Å². The Balaban J connectivity index is 2.19. The van der Waals surface area contributed by atoms with Gasteiger partial charge in [0.2, 0.25) is 0 Å². The Bertz CT molecular complexity index is 626. The quantitative estimate of drug-likeness (QED) is 0.886. The maximum Gasteiger partial charge on any atom is 0.311 e. The van der Waals surface area contributed by atoms with E-state index in [1.165, 1.54) is 0 Å². The number of rotatable bonds is 6. The molecule has 6 nitrogen and oxygen atoms in total. The predicted octanol–water partition coefficient (Wildman–Crippen LogP) is 2.42. The minimum atomic E-state index is -0.885. The highest BCUT2D eigenvalue weighted by Gasteiger charge is 2.33. The van der Waals surface area contributed by atoms with E-state index in [1.54, 1.807) is 23.7 Å². The molecule has 1 heterocycles. The van der Waals surface area contributed by atoms with E-state index >= 15 is 0 Å². The average Bonchev–Trinajstić information content (AvgIpc) is 2.88. The van der Waals surface area contributed by atoms with Gasteiger partial charge >= 0.3 is 5.97 Å². The maximum atomic E-state index is 11.4. The van der Waals surface area contributed by atoms with Gasteiger partial charge in [0.15, 0.2) is 5.82 Å². The second-order valence-electron chi connectivity index (χ2n) is 5.28. The van der Waals surface area contributed by atoms with E-state index < -0.39 is 11.4 Å². The Morgan fingerprint density at radius 2 is 2.05 bits per heavy atom. The highest BCUT2D eigenvalue weighted by molar-refractivity contribution is 6.30. The molecule has 1 atom stereocenters. The van der Waals surface area contributed by atoms with Gasteiger partial charge in [0.05, 0.1) is 12.0 Å². The van der Waals surface area contributed by atoms with E-state index in [2.05, 4.69) is 15.5 Å². The minimum absolute atomic E-state index is 0.245. The van der Waals surface area contributed by atoms with Crippen molar-refractivity contribution in [3.8, 4) is 0 Å². The van der Waals surface area contributed by atoms with Gasteiger partial charge in [-0.25, -0.2) is 4.68 Å². The van der Waals surface area contributed by atoms with Crippen LogP contribution in [0.3, 0.4) is 0 Å². The lowest BCUT2D eigenvalue weighted by atomic mass is 9.88. The summed E-state index contributed by atoms with van der Waals surface area (Å²) in [5, 5.41) is 21.6. The van der Waals surface area contributed by atoms with Crippen molar-refractivity contribution < 1.29 is 9.90 Å². The predicted molar refractivity (Wildman–Crippen MR) is 78.1 cm³/mol. The molecular formula is C14H17ClN4O2. The van der Waals surface area contributed by atoms with Crippen LogP contribution in [0.5, 0.6) is 0 Å². The Labute approximate surface area is 127 Å². The zero-order valence-electron chi connectivity index (χ0n) is 12.0. The first kappa shape index (κ1) is 15.4. The number of tetrazole rings is 1. The summed E-state index contributed by atoms with van der Waals surface area (Å²) >= 11 is 5.85. The lowest BCUT2D eigenvalue weighted by molar-refractivity contribution is -0.149. The fourth-order valence-electron chi connectivity index (χ4n) is 1.92. The van der Waals surface area contributed by atoms with E-state index in [1.807, 2.05) is 19.1 Å². The Hall–Kier alpha value is -1.95. The standard InChI is InChI=1S/C14H17ClN4O2/c1-3-14(2,13(20)21)9-19-12(16-17-18-19)8-10-4-6-11(15)7-5-10/h4-7H,3,8-9H2,1-2H3,(H,20,21). The Morgan fingerprint density at radius 1 is 1.38 bits per heavy atom. The average molecular weight is 309 g/mol. The molecule has 7 heteroatoms. The molecule has 0 fully saturated rings. The van der Waals surface area contributed by atoms with Gasteiger partial charge in [0, 0.05) is 11.4 Å². The first-order valence-electron chi connectivity index (χ1n) is 6.67. The zero-order valence-corrected chi connectivity index (χ0v) is 12.7. The van der Waals surface area contributed by atoms with Crippen LogP contribution in [-0.2, 0) is 17.8 Å². The maximum absolute atomic E-state index is 11.4. The Kier molecular flexibility index (Phi) is 4.57. The normalized spacial score (nSPS) is 13.9. The molecule has 0 aliphatic heterocycles. The summed E-state index contributed by atoms with van der Waals surface area (Å²) in [5.41, 5.74) is 0.133. The van der Waals surface area contributed by atoms with Crippen LogP contribution < -0.4 is 0 Å². The SMILES string of the molecule is CCC(C)(Cn1nnnc1Cc1ccc(Cl)cc1)C(=O)O. The van der Waals surface area contributed by atoms with E-state index in [0.29, 0.717) is 23.7 Å². The number of carboxylic acid groups (broad SMARTS) is 1. The molecule has 112 valence electrons. The lowest BCUT2D eigenvalue weighted by Gasteiger charge is -2.22. The smallest absolute Gasteiger partial charge is 0.311 e. The highest BCUT2D eigenvalue weighted by atomic mass is 35.5. The van der Waals surface area contributed by atoms with Gasteiger partial charge in [-0.05, 0) is 41.5 Å². The summed E-state index contributed by atoms with van der Waals surface area (Å²) in [6, 6.07) is 7.41. The lowest BCUT2D eigenvalue weighted by Crippen LogP contribution is -2.33. The Morgan fingerprint density at radius 3 is 2.62 bits per heavy atom. The highest BCUT2D eigenvalue weighted by Crippen LogP contribution is 2.24. The summed E-state index contributed by atoms with van der Waals surface area (Å²) in [6.45, 7) is 3.79. The van der Waals surface area contributed by atoms with E-state index in [-0.39, 0.29) is 6.54 Å². The molecule has 1 unspecified atom stereocenters. The molecule has 0 bridgehead atoms. The molecule has 2 aromatic rings. The van der Waals surface area contributed by atoms with Crippen molar-refractivity contribution in [2.45, 2.75) is 33.2 Å². The fraction of sp³-hybridized carbons (Fsp3) is 0.429. The molecule has 0 spiro atoms. The molecule has 1 N–H and O–H groups in total. The summed E-state index contributed by atoms with van der Waals surface area (Å²) in [4.78, 5) is 11.4. The van der Waals surface area contributed by atoms with Crippen LogP contribution >= 0.6 is 11.6 Å². The van der Waals surface area contributed by atoms with Crippen LogP contribution in [0.25, 0.3) is 0 Å². The second-order valence-corrected chi connectivity index (χ2v) is 5.71. The van der Waals surface area contributed by atoms with Crippen molar-refractivity contribution in [1.29, 1.82) is 0 Å². The van der Waals surface area contributed by atoms with Crippen molar-refractivity contribution in [3.63, 3.8) is 0 Å². The van der Waals surface area contributed by atoms with Crippen LogP contribution in [0.1, 0.15) is 31.7 Å². The number of aliphatic carboxylic acids is 1. The molecule has 0 saturated heterocycles. The minimum Gasteiger partial charge on any atom is -0.481 e. The summed E-state index contributed by atoms with van der Waals surface area (Å²) in [5.74, 6) is -0.212. The summed E-state index contributed by atoms with van der Waals surface area (Å²) in [6.07, 6.45) is 1.03. The van der Waals surface area contributed by atoms with Crippen LogP contribution in [-0.4, -0.2) is 31.3 Å². The van der Waals surface area contributed by atoms with Crippen molar-refractivity contribution >= 4 is 17.6 Å². The number of benzene rings is 1. The van der Waals surface area contributed by atoms with Gasteiger partial charge in [-0.15, -0.1) is 5.10 Å². The van der Waals surface area contributed by atoms with E-state index in [4.69, 9.17) is 11.6 Å².